The molecule has 16 heavy (non-hydrogen) atoms. The van der Waals surface area contributed by atoms with Gasteiger partial charge in [0.1, 0.15) is 0 Å². The second-order valence-electron chi connectivity index (χ2n) is 5.29. The summed E-state index contributed by atoms with van der Waals surface area (Å²) < 4.78 is 0. The van der Waals surface area contributed by atoms with E-state index in [0.717, 1.165) is 19.4 Å². The van der Waals surface area contributed by atoms with Gasteiger partial charge in [0.25, 0.3) is 0 Å². The summed E-state index contributed by atoms with van der Waals surface area (Å²) in [6.07, 6.45) is 1.71. The summed E-state index contributed by atoms with van der Waals surface area (Å²) in [5.41, 5.74) is 5.75. The third-order valence-corrected chi connectivity index (χ3v) is 3.16. The second-order valence-corrected chi connectivity index (χ2v) is 5.29. The maximum absolute atomic E-state index is 11.6. The molecule has 3 N–H and O–H groups in total. The van der Waals surface area contributed by atoms with Gasteiger partial charge in [0, 0.05) is 6.54 Å². The van der Waals surface area contributed by atoms with Crippen molar-refractivity contribution in [2.75, 3.05) is 6.54 Å². The van der Waals surface area contributed by atoms with Crippen molar-refractivity contribution in [2.24, 2.45) is 23.5 Å². The van der Waals surface area contributed by atoms with E-state index in [0.29, 0.717) is 17.8 Å². The van der Waals surface area contributed by atoms with E-state index in [2.05, 4.69) is 33.0 Å². The van der Waals surface area contributed by atoms with Crippen molar-refractivity contribution in [3.63, 3.8) is 0 Å². The lowest BCUT2D eigenvalue weighted by Crippen LogP contribution is -2.43. The molecule has 0 rings (SSSR count). The summed E-state index contributed by atoms with van der Waals surface area (Å²) in [6, 6.07) is -0.343. The predicted octanol–water partition coefficient (Wildman–Crippen LogP) is 2.16. The molecule has 0 saturated carbocycles. The average Bonchev–Trinajstić information content (AvgIpc) is 2.16. The van der Waals surface area contributed by atoms with Crippen LogP contribution in [0.15, 0.2) is 0 Å². The Hall–Kier alpha value is -0.570. The minimum atomic E-state index is -0.343. The van der Waals surface area contributed by atoms with Crippen LogP contribution >= 0.6 is 0 Å². The van der Waals surface area contributed by atoms with E-state index in [4.69, 9.17) is 5.73 Å². The van der Waals surface area contributed by atoms with Gasteiger partial charge in [-0.25, -0.2) is 0 Å². The zero-order chi connectivity index (χ0) is 12.7. The lowest BCUT2D eigenvalue weighted by Gasteiger charge is -2.25. The monoisotopic (exact) mass is 228 g/mol. The zero-order valence-corrected chi connectivity index (χ0v) is 11.4. The molecule has 1 amide bonds. The molecule has 0 aliphatic rings. The van der Waals surface area contributed by atoms with Crippen LogP contribution in [0.3, 0.4) is 0 Å². The molecule has 0 aromatic heterocycles. The number of carbonyl (C=O) groups is 1. The van der Waals surface area contributed by atoms with E-state index in [1.54, 1.807) is 0 Å². The molecule has 3 heteroatoms. The molecule has 0 aromatic rings. The van der Waals surface area contributed by atoms with Gasteiger partial charge in [0.05, 0.1) is 6.04 Å². The summed E-state index contributed by atoms with van der Waals surface area (Å²) >= 11 is 0. The molecule has 3 nitrogen and oxygen atoms in total. The van der Waals surface area contributed by atoms with Crippen LogP contribution in [0.4, 0.5) is 0 Å². The highest BCUT2D eigenvalue weighted by Crippen LogP contribution is 2.19. The molecule has 0 spiro atoms. The van der Waals surface area contributed by atoms with Gasteiger partial charge >= 0.3 is 0 Å². The minimum Gasteiger partial charge on any atom is -0.354 e. The van der Waals surface area contributed by atoms with Gasteiger partial charge in [-0.3, -0.25) is 4.79 Å². The van der Waals surface area contributed by atoms with E-state index < -0.39 is 0 Å². The van der Waals surface area contributed by atoms with Crippen molar-refractivity contribution in [3.8, 4) is 0 Å². The molecule has 0 unspecified atom stereocenters. The average molecular weight is 228 g/mol. The molecule has 0 fully saturated rings. The van der Waals surface area contributed by atoms with Crippen LogP contribution < -0.4 is 11.1 Å². The fraction of sp³-hybridized carbons (Fsp3) is 0.923. The molecule has 0 saturated heterocycles. The van der Waals surface area contributed by atoms with Crippen LogP contribution in [0.2, 0.25) is 0 Å². The van der Waals surface area contributed by atoms with Crippen molar-refractivity contribution >= 4 is 5.91 Å². The number of rotatable bonds is 7. The smallest absolute Gasteiger partial charge is 0.236 e. The molecule has 0 heterocycles. The zero-order valence-electron chi connectivity index (χ0n) is 11.4. The first-order valence-electron chi connectivity index (χ1n) is 6.43. The summed E-state index contributed by atoms with van der Waals surface area (Å²) in [5.74, 6) is 1.69. The van der Waals surface area contributed by atoms with E-state index in [-0.39, 0.29) is 11.9 Å². The SMILES string of the molecule is CCC[C@H](N)C(=O)NCC(C(C)C)C(C)C. The Balaban J connectivity index is 4.06. The van der Waals surface area contributed by atoms with Crippen molar-refractivity contribution in [3.05, 3.63) is 0 Å². The predicted molar refractivity (Wildman–Crippen MR) is 69.1 cm³/mol. The Morgan fingerprint density at radius 3 is 2.06 bits per heavy atom. The molecular formula is C13H28N2O. The summed E-state index contributed by atoms with van der Waals surface area (Å²) in [7, 11) is 0. The Labute approximate surface area is 100 Å². The molecule has 0 radical (unpaired) electrons. The quantitative estimate of drug-likeness (QED) is 0.701. The highest BCUT2D eigenvalue weighted by atomic mass is 16.2. The van der Waals surface area contributed by atoms with Crippen LogP contribution in [0, 0.1) is 17.8 Å². The van der Waals surface area contributed by atoms with Crippen LogP contribution in [-0.2, 0) is 4.79 Å². The number of amides is 1. The van der Waals surface area contributed by atoms with Gasteiger partial charge in [-0.1, -0.05) is 41.0 Å². The van der Waals surface area contributed by atoms with Crippen molar-refractivity contribution < 1.29 is 4.79 Å². The maximum atomic E-state index is 11.6. The van der Waals surface area contributed by atoms with Gasteiger partial charge in [0.2, 0.25) is 5.91 Å². The number of carbonyl (C=O) groups excluding carboxylic acids is 1. The fourth-order valence-corrected chi connectivity index (χ4v) is 2.03. The Morgan fingerprint density at radius 2 is 1.69 bits per heavy atom. The Bertz CT molecular complexity index is 194. The van der Waals surface area contributed by atoms with Gasteiger partial charge in [-0.2, -0.15) is 0 Å². The molecule has 1 atom stereocenters. The summed E-state index contributed by atoms with van der Waals surface area (Å²) in [5, 5.41) is 2.97. The third-order valence-electron chi connectivity index (χ3n) is 3.16. The lowest BCUT2D eigenvalue weighted by atomic mass is 9.85. The van der Waals surface area contributed by atoms with Crippen molar-refractivity contribution in [1.29, 1.82) is 0 Å². The third kappa shape index (κ3) is 5.50. The van der Waals surface area contributed by atoms with E-state index >= 15 is 0 Å². The summed E-state index contributed by atoms with van der Waals surface area (Å²) in [6.45, 7) is 11.6. The van der Waals surface area contributed by atoms with Crippen LogP contribution in [0.1, 0.15) is 47.5 Å². The Kier molecular flexibility index (Phi) is 7.39. The van der Waals surface area contributed by atoms with Gasteiger partial charge < -0.3 is 11.1 Å². The molecular weight excluding hydrogens is 200 g/mol. The maximum Gasteiger partial charge on any atom is 0.236 e. The molecule has 96 valence electrons. The Morgan fingerprint density at radius 1 is 1.19 bits per heavy atom. The normalized spacial score (nSPS) is 13.6. The second kappa shape index (κ2) is 7.66. The number of hydrogen-bond donors (Lipinski definition) is 2. The van der Waals surface area contributed by atoms with E-state index in [9.17, 15) is 4.79 Å². The molecule has 0 aliphatic carbocycles. The lowest BCUT2D eigenvalue weighted by molar-refractivity contribution is -0.122. The van der Waals surface area contributed by atoms with Gasteiger partial charge in [0.15, 0.2) is 0 Å². The van der Waals surface area contributed by atoms with Crippen LogP contribution in [-0.4, -0.2) is 18.5 Å². The largest absolute Gasteiger partial charge is 0.354 e. The number of hydrogen-bond acceptors (Lipinski definition) is 2. The topological polar surface area (TPSA) is 55.1 Å². The van der Waals surface area contributed by atoms with Crippen LogP contribution in [0.5, 0.6) is 0 Å². The van der Waals surface area contributed by atoms with E-state index in [1.807, 2.05) is 6.92 Å². The van der Waals surface area contributed by atoms with Gasteiger partial charge in [-0.15, -0.1) is 0 Å². The first-order chi connectivity index (χ1) is 7.40. The minimum absolute atomic E-state index is 0.00634. The first kappa shape index (κ1) is 15.4. The standard InChI is InChI=1S/C13H28N2O/c1-6-7-12(14)13(16)15-8-11(9(2)3)10(4)5/h9-12H,6-8,14H2,1-5H3,(H,15,16)/t12-/m0/s1. The fourth-order valence-electron chi connectivity index (χ4n) is 2.03. The highest BCUT2D eigenvalue weighted by molar-refractivity contribution is 5.81. The van der Waals surface area contributed by atoms with E-state index in [1.165, 1.54) is 0 Å². The highest BCUT2D eigenvalue weighted by Gasteiger charge is 2.19. The first-order valence-corrected chi connectivity index (χ1v) is 6.43. The summed E-state index contributed by atoms with van der Waals surface area (Å²) in [4.78, 5) is 11.6. The molecule has 0 aromatic carbocycles. The molecule has 0 aliphatic heterocycles. The number of nitrogens with one attached hydrogen (secondary N) is 1. The van der Waals surface area contributed by atoms with Crippen molar-refractivity contribution in [1.82, 2.24) is 5.32 Å². The van der Waals surface area contributed by atoms with Crippen molar-refractivity contribution in [2.45, 2.75) is 53.5 Å². The van der Waals surface area contributed by atoms with Crippen LogP contribution in [0.25, 0.3) is 0 Å². The molecule has 0 bridgehead atoms. The van der Waals surface area contributed by atoms with Gasteiger partial charge in [-0.05, 0) is 24.2 Å². The number of nitrogens with two attached hydrogens (primary N) is 1.